The number of thiophene rings is 1. The van der Waals surface area contributed by atoms with Gasteiger partial charge < -0.3 is 0 Å². The van der Waals surface area contributed by atoms with Gasteiger partial charge in [0.1, 0.15) is 0 Å². The molecule has 2 aromatic rings. The smallest absolute Gasteiger partial charge is 0.0991 e. The first-order valence-electron chi connectivity index (χ1n) is 6.62. The fraction of sp³-hybridized carbons (Fsp3) is 0.312. The summed E-state index contributed by atoms with van der Waals surface area (Å²) in [6.45, 7) is 2.15. The quantitative estimate of drug-likeness (QED) is 0.842. The largest absolute Gasteiger partial charge is 0.292 e. The minimum absolute atomic E-state index is 0.571. The highest BCUT2D eigenvalue weighted by Crippen LogP contribution is 2.34. The van der Waals surface area contributed by atoms with Gasteiger partial charge in [-0.05, 0) is 59.5 Å². The Morgan fingerprint density at radius 3 is 2.79 bits per heavy atom. The fourth-order valence-corrected chi connectivity index (χ4v) is 3.48. The van der Waals surface area contributed by atoms with Crippen LogP contribution in [0.25, 0.3) is 0 Å². The Balaban J connectivity index is 1.73. The van der Waals surface area contributed by atoms with Crippen LogP contribution in [0.4, 0.5) is 0 Å². The second kappa shape index (κ2) is 5.56. The minimum Gasteiger partial charge on any atom is -0.292 e. The Kier molecular flexibility index (Phi) is 3.63. The van der Waals surface area contributed by atoms with Crippen molar-refractivity contribution in [1.29, 1.82) is 5.26 Å². The van der Waals surface area contributed by atoms with Crippen LogP contribution in [-0.2, 0) is 6.54 Å². The highest BCUT2D eigenvalue weighted by atomic mass is 32.1. The molecule has 0 unspecified atom stereocenters. The lowest BCUT2D eigenvalue weighted by molar-refractivity contribution is 0.249. The number of hydrogen-bond acceptors (Lipinski definition) is 3. The fourth-order valence-electron chi connectivity index (χ4n) is 2.78. The van der Waals surface area contributed by atoms with Gasteiger partial charge in [-0.1, -0.05) is 12.1 Å². The SMILES string of the molecule is N#Cc1ccc(CN2CCC[C@H]2c2ccsc2)cc1. The van der Waals surface area contributed by atoms with Crippen LogP contribution in [0.15, 0.2) is 41.1 Å². The zero-order valence-corrected chi connectivity index (χ0v) is 11.6. The molecule has 96 valence electrons. The number of benzene rings is 1. The van der Waals surface area contributed by atoms with Gasteiger partial charge in [0.05, 0.1) is 11.6 Å². The van der Waals surface area contributed by atoms with E-state index in [-0.39, 0.29) is 0 Å². The van der Waals surface area contributed by atoms with Crippen LogP contribution in [0.5, 0.6) is 0 Å². The molecule has 1 aromatic carbocycles. The molecule has 1 atom stereocenters. The van der Waals surface area contributed by atoms with Gasteiger partial charge in [-0.25, -0.2) is 0 Å². The van der Waals surface area contributed by atoms with Gasteiger partial charge >= 0.3 is 0 Å². The third kappa shape index (κ3) is 2.70. The molecule has 0 radical (unpaired) electrons. The van der Waals surface area contributed by atoms with Gasteiger partial charge in [0.25, 0.3) is 0 Å². The van der Waals surface area contributed by atoms with E-state index in [1.807, 2.05) is 12.1 Å². The summed E-state index contributed by atoms with van der Waals surface area (Å²) in [7, 11) is 0. The summed E-state index contributed by atoms with van der Waals surface area (Å²) >= 11 is 1.78. The second-order valence-electron chi connectivity index (χ2n) is 4.99. The molecule has 0 N–H and O–H groups in total. The van der Waals surface area contributed by atoms with E-state index < -0.39 is 0 Å². The summed E-state index contributed by atoms with van der Waals surface area (Å²) in [4.78, 5) is 2.55. The molecule has 1 aromatic heterocycles. The molecule has 1 fully saturated rings. The number of nitriles is 1. The number of nitrogens with zero attached hydrogens (tertiary/aromatic N) is 2. The third-order valence-corrected chi connectivity index (χ3v) is 4.46. The van der Waals surface area contributed by atoms with Crippen molar-refractivity contribution in [2.45, 2.75) is 25.4 Å². The monoisotopic (exact) mass is 268 g/mol. The van der Waals surface area contributed by atoms with Gasteiger partial charge in [-0.3, -0.25) is 4.90 Å². The molecule has 0 spiro atoms. The maximum Gasteiger partial charge on any atom is 0.0991 e. The zero-order valence-electron chi connectivity index (χ0n) is 10.7. The first kappa shape index (κ1) is 12.4. The maximum atomic E-state index is 8.82. The van der Waals surface area contributed by atoms with Gasteiger partial charge in [0.2, 0.25) is 0 Å². The summed E-state index contributed by atoms with van der Waals surface area (Å²) in [5.74, 6) is 0. The van der Waals surface area contributed by atoms with Crippen LogP contribution in [-0.4, -0.2) is 11.4 Å². The van der Waals surface area contributed by atoms with Gasteiger partial charge in [-0.15, -0.1) is 0 Å². The normalized spacial score (nSPS) is 19.4. The standard InChI is InChI=1S/C16H16N2S/c17-10-13-3-5-14(6-4-13)11-18-8-1-2-16(18)15-7-9-19-12-15/h3-7,9,12,16H,1-2,8,11H2/t16-/m0/s1. The van der Waals surface area contributed by atoms with Crippen molar-refractivity contribution in [1.82, 2.24) is 4.90 Å². The summed E-state index contributed by atoms with van der Waals surface area (Å²) < 4.78 is 0. The number of rotatable bonds is 3. The molecule has 3 rings (SSSR count). The Morgan fingerprint density at radius 2 is 2.11 bits per heavy atom. The first-order valence-corrected chi connectivity index (χ1v) is 7.56. The molecule has 0 bridgehead atoms. The van der Waals surface area contributed by atoms with E-state index in [9.17, 15) is 0 Å². The Morgan fingerprint density at radius 1 is 1.26 bits per heavy atom. The van der Waals surface area contributed by atoms with Crippen molar-refractivity contribution in [3.8, 4) is 6.07 Å². The van der Waals surface area contributed by atoms with Crippen molar-refractivity contribution in [3.05, 3.63) is 57.8 Å². The molecule has 2 nitrogen and oxygen atoms in total. The van der Waals surface area contributed by atoms with Crippen molar-refractivity contribution >= 4 is 11.3 Å². The van der Waals surface area contributed by atoms with E-state index in [1.54, 1.807) is 11.3 Å². The van der Waals surface area contributed by atoms with E-state index >= 15 is 0 Å². The molecule has 19 heavy (non-hydrogen) atoms. The summed E-state index contributed by atoms with van der Waals surface area (Å²) in [5.41, 5.74) is 3.48. The highest BCUT2D eigenvalue weighted by molar-refractivity contribution is 7.07. The maximum absolute atomic E-state index is 8.82. The van der Waals surface area contributed by atoms with E-state index in [4.69, 9.17) is 5.26 Å². The summed E-state index contributed by atoms with van der Waals surface area (Å²) in [5, 5.41) is 13.2. The molecule has 1 saturated heterocycles. The van der Waals surface area contributed by atoms with Crippen LogP contribution in [0.2, 0.25) is 0 Å². The molecular formula is C16H16N2S. The van der Waals surface area contributed by atoms with E-state index in [1.165, 1.54) is 30.5 Å². The summed E-state index contributed by atoms with van der Waals surface area (Å²) in [6.07, 6.45) is 2.53. The van der Waals surface area contributed by atoms with Crippen molar-refractivity contribution in [3.63, 3.8) is 0 Å². The van der Waals surface area contributed by atoms with Gasteiger partial charge in [0, 0.05) is 12.6 Å². The van der Waals surface area contributed by atoms with Crippen LogP contribution in [0, 0.1) is 11.3 Å². The van der Waals surface area contributed by atoms with Crippen molar-refractivity contribution in [2.24, 2.45) is 0 Å². The Labute approximate surface area is 117 Å². The first-order chi connectivity index (χ1) is 9.36. The summed E-state index contributed by atoms with van der Waals surface area (Å²) in [6, 6.07) is 12.9. The highest BCUT2D eigenvalue weighted by Gasteiger charge is 2.25. The number of hydrogen-bond donors (Lipinski definition) is 0. The van der Waals surface area contributed by atoms with Crippen molar-refractivity contribution < 1.29 is 0 Å². The van der Waals surface area contributed by atoms with Crippen molar-refractivity contribution in [2.75, 3.05) is 6.54 Å². The third-order valence-electron chi connectivity index (χ3n) is 3.76. The minimum atomic E-state index is 0.571. The lowest BCUT2D eigenvalue weighted by atomic mass is 10.1. The Bertz CT molecular complexity index is 566. The topological polar surface area (TPSA) is 27.0 Å². The average molecular weight is 268 g/mol. The molecule has 2 heterocycles. The molecule has 1 aliphatic heterocycles. The molecule has 1 aliphatic rings. The molecule has 3 heteroatoms. The molecule has 0 amide bonds. The van der Waals surface area contributed by atoms with Crippen LogP contribution >= 0.6 is 11.3 Å². The predicted octanol–water partition coefficient (Wildman–Crippen LogP) is 3.96. The zero-order chi connectivity index (χ0) is 13.1. The van der Waals surface area contributed by atoms with E-state index in [0.29, 0.717) is 6.04 Å². The van der Waals surface area contributed by atoms with Gasteiger partial charge in [0.15, 0.2) is 0 Å². The average Bonchev–Trinajstić information content (AvgIpc) is 3.10. The number of likely N-dealkylation sites (tertiary alicyclic amines) is 1. The van der Waals surface area contributed by atoms with Gasteiger partial charge in [-0.2, -0.15) is 16.6 Å². The van der Waals surface area contributed by atoms with Crippen LogP contribution in [0.1, 0.15) is 35.6 Å². The molecule has 0 saturated carbocycles. The lowest BCUT2D eigenvalue weighted by Crippen LogP contribution is -2.22. The van der Waals surface area contributed by atoms with Crippen LogP contribution in [0.3, 0.4) is 0 Å². The van der Waals surface area contributed by atoms with Crippen LogP contribution < -0.4 is 0 Å². The predicted molar refractivity (Wildman–Crippen MR) is 77.9 cm³/mol. The second-order valence-corrected chi connectivity index (χ2v) is 5.77. The Hall–Kier alpha value is -1.63. The van der Waals surface area contributed by atoms with E-state index in [0.717, 1.165) is 12.1 Å². The molecule has 0 aliphatic carbocycles. The molecular weight excluding hydrogens is 252 g/mol. The van der Waals surface area contributed by atoms with E-state index in [2.05, 4.69) is 39.9 Å². The lowest BCUT2D eigenvalue weighted by Gasteiger charge is -2.24.